The molecule has 1 aromatic carbocycles. The molecule has 0 amide bonds. The Labute approximate surface area is 127 Å². The number of nitrogens with zero attached hydrogens (tertiary/aromatic N) is 1. The molecule has 1 saturated heterocycles. The van der Waals surface area contributed by atoms with E-state index in [9.17, 15) is 0 Å². The smallest absolute Gasteiger partial charge is 0.170 e. The zero-order valence-electron chi connectivity index (χ0n) is 12.7. The fourth-order valence-corrected chi connectivity index (χ4v) is 2.99. The summed E-state index contributed by atoms with van der Waals surface area (Å²) >= 11 is 5.39. The summed E-state index contributed by atoms with van der Waals surface area (Å²) in [6.45, 7) is 7.56. The topological polar surface area (TPSA) is 27.3 Å². The van der Waals surface area contributed by atoms with E-state index in [-0.39, 0.29) is 0 Å². The van der Waals surface area contributed by atoms with Crippen molar-refractivity contribution in [3.63, 3.8) is 0 Å². The highest BCUT2D eigenvalue weighted by atomic mass is 32.1. The molecule has 0 aliphatic carbocycles. The number of rotatable bonds is 3. The lowest BCUT2D eigenvalue weighted by Crippen LogP contribution is -2.40. The summed E-state index contributed by atoms with van der Waals surface area (Å²) in [6, 6.07) is 6.36. The van der Waals surface area contributed by atoms with Crippen LogP contribution in [0.1, 0.15) is 24.0 Å². The Hall–Kier alpha value is -1.13. The van der Waals surface area contributed by atoms with Gasteiger partial charge in [0.1, 0.15) is 0 Å². The van der Waals surface area contributed by atoms with Gasteiger partial charge in [0, 0.05) is 18.8 Å². The van der Waals surface area contributed by atoms with E-state index >= 15 is 0 Å². The third-order valence-corrected chi connectivity index (χ3v) is 4.15. The molecule has 1 aromatic rings. The van der Waals surface area contributed by atoms with Gasteiger partial charge in [0.2, 0.25) is 0 Å². The number of piperidine rings is 1. The maximum absolute atomic E-state index is 5.39. The normalized spacial score (nSPS) is 19.6. The highest BCUT2D eigenvalue weighted by molar-refractivity contribution is 7.80. The van der Waals surface area contributed by atoms with Crippen LogP contribution >= 0.6 is 12.2 Å². The lowest BCUT2D eigenvalue weighted by atomic mass is 9.99. The van der Waals surface area contributed by atoms with E-state index in [1.165, 1.54) is 37.1 Å². The van der Waals surface area contributed by atoms with Gasteiger partial charge < -0.3 is 15.5 Å². The largest absolute Gasteiger partial charge is 0.362 e. The van der Waals surface area contributed by atoms with Crippen LogP contribution in [0.4, 0.5) is 5.69 Å². The molecule has 3 nitrogen and oxygen atoms in total. The molecule has 1 atom stereocenters. The molecule has 0 aromatic heterocycles. The molecule has 110 valence electrons. The lowest BCUT2D eigenvalue weighted by Gasteiger charge is -2.30. The minimum absolute atomic E-state index is 0.701. The molecule has 1 aliphatic rings. The molecule has 0 spiro atoms. The summed E-state index contributed by atoms with van der Waals surface area (Å²) in [7, 11) is 2.19. The van der Waals surface area contributed by atoms with Gasteiger partial charge in [0.05, 0.1) is 0 Å². The monoisotopic (exact) mass is 291 g/mol. The van der Waals surface area contributed by atoms with Gasteiger partial charge in [0.15, 0.2) is 5.11 Å². The summed E-state index contributed by atoms with van der Waals surface area (Å²) in [4.78, 5) is 2.40. The molecule has 4 heteroatoms. The second kappa shape index (κ2) is 7.04. The van der Waals surface area contributed by atoms with Gasteiger partial charge in [-0.15, -0.1) is 0 Å². The molecule has 2 rings (SSSR count). The number of anilines is 1. The zero-order valence-corrected chi connectivity index (χ0v) is 13.5. The van der Waals surface area contributed by atoms with Crippen molar-refractivity contribution < 1.29 is 0 Å². The van der Waals surface area contributed by atoms with Gasteiger partial charge in [-0.1, -0.05) is 17.7 Å². The first-order chi connectivity index (χ1) is 9.54. The van der Waals surface area contributed by atoms with Crippen LogP contribution in [0, 0.1) is 19.8 Å². The van der Waals surface area contributed by atoms with Gasteiger partial charge in [-0.3, -0.25) is 0 Å². The van der Waals surface area contributed by atoms with Crippen LogP contribution in [0.5, 0.6) is 0 Å². The summed E-state index contributed by atoms with van der Waals surface area (Å²) in [6.07, 6.45) is 2.59. The molecule has 0 radical (unpaired) electrons. The van der Waals surface area contributed by atoms with Crippen molar-refractivity contribution >= 4 is 23.0 Å². The molecule has 0 unspecified atom stereocenters. The molecule has 0 bridgehead atoms. The molecule has 0 saturated carbocycles. The van der Waals surface area contributed by atoms with E-state index < -0.39 is 0 Å². The van der Waals surface area contributed by atoms with Crippen molar-refractivity contribution in [2.45, 2.75) is 26.7 Å². The zero-order chi connectivity index (χ0) is 14.5. The third kappa shape index (κ3) is 4.46. The molecule has 1 aliphatic heterocycles. The van der Waals surface area contributed by atoms with E-state index in [0.29, 0.717) is 5.92 Å². The first-order valence-electron chi connectivity index (χ1n) is 7.35. The number of likely N-dealkylation sites (tertiary alicyclic amines) is 1. The van der Waals surface area contributed by atoms with Crippen LogP contribution in [0.25, 0.3) is 0 Å². The number of nitrogens with one attached hydrogen (secondary N) is 2. The highest BCUT2D eigenvalue weighted by Gasteiger charge is 2.17. The van der Waals surface area contributed by atoms with Gasteiger partial charge in [-0.25, -0.2) is 0 Å². The van der Waals surface area contributed by atoms with Gasteiger partial charge in [-0.05, 0) is 70.0 Å². The van der Waals surface area contributed by atoms with Crippen molar-refractivity contribution in [3.8, 4) is 0 Å². The average Bonchev–Trinajstić information content (AvgIpc) is 2.40. The Morgan fingerprint density at radius 2 is 2.20 bits per heavy atom. The predicted molar refractivity (Wildman–Crippen MR) is 90.4 cm³/mol. The van der Waals surface area contributed by atoms with Crippen LogP contribution in [0.2, 0.25) is 0 Å². The van der Waals surface area contributed by atoms with E-state index in [4.69, 9.17) is 12.2 Å². The summed E-state index contributed by atoms with van der Waals surface area (Å²) in [5, 5.41) is 7.38. The Morgan fingerprint density at radius 1 is 1.40 bits per heavy atom. The Bertz CT molecular complexity index is 473. The minimum atomic E-state index is 0.701. The Morgan fingerprint density at radius 3 is 2.90 bits per heavy atom. The predicted octanol–water partition coefficient (Wildman–Crippen LogP) is 2.93. The maximum Gasteiger partial charge on any atom is 0.170 e. The SMILES string of the molecule is Cc1ccc(NC(=S)NC[C@@H]2CCCN(C)C2)c(C)c1. The number of hydrogen-bond donors (Lipinski definition) is 2. The van der Waals surface area contributed by atoms with Crippen LogP contribution in [0.3, 0.4) is 0 Å². The van der Waals surface area contributed by atoms with E-state index in [2.05, 4.69) is 54.6 Å². The molecular formula is C16H25N3S. The molecule has 20 heavy (non-hydrogen) atoms. The quantitative estimate of drug-likeness (QED) is 0.837. The summed E-state index contributed by atoms with van der Waals surface area (Å²) in [5.74, 6) is 0.701. The van der Waals surface area contributed by atoms with Gasteiger partial charge in [-0.2, -0.15) is 0 Å². The lowest BCUT2D eigenvalue weighted by molar-refractivity contribution is 0.211. The van der Waals surface area contributed by atoms with Crippen molar-refractivity contribution in [2.75, 3.05) is 32.0 Å². The van der Waals surface area contributed by atoms with Crippen molar-refractivity contribution in [2.24, 2.45) is 5.92 Å². The summed E-state index contributed by atoms with van der Waals surface area (Å²) in [5.41, 5.74) is 3.59. The van der Waals surface area contributed by atoms with Crippen molar-refractivity contribution in [3.05, 3.63) is 29.3 Å². The minimum Gasteiger partial charge on any atom is -0.362 e. The second-order valence-electron chi connectivity index (χ2n) is 5.92. The van der Waals surface area contributed by atoms with E-state index in [1.54, 1.807) is 0 Å². The summed E-state index contributed by atoms with van der Waals surface area (Å²) < 4.78 is 0. The first-order valence-corrected chi connectivity index (χ1v) is 7.76. The Balaban J connectivity index is 1.80. The first kappa shape index (κ1) is 15.3. The maximum atomic E-state index is 5.39. The standard InChI is InChI=1S/C16H25N3S/c1-12-6-7-15(13(2)9-12)18-16(20)17-10-14-5-4-8-19(3)11-14/h6-7,9,14H,4-5,8,10-11H2,1-3H3,(H2,17,18,20)/t14-/m0/s1. The number of hydrogen-bond acceptors (Lipinski definition) is 2. The van der Waals surface area contributed by atoms with Crippen molar-refractivity contribution in [1.82, 2.24) is 10.2 Å². The Kier molecular flexibility index (Phi) is 5.38. The van der Waals surface area contributed by atoms with Gasteiger partial charge in [0.25, 0.3) is 0 Å². The number of thiocarbonyl (C=S) groups is 1. The van der Waals surface area contributed by atoms with Crippen molar-refractivity contribution in [1.29, 1.82) is 0 Å². The van der Waals surface area contributed by atoms with Crippen LogP contribution in [0.15, 0.2) is 18.2 Å². The van der Waals surface area contributed by atoms with Gasteiger partial charge >= 0.3 is 0 Å². The second-order valence-corrected chi connectivity index (χ2v) is 6.33. The number of benzene rings is 1. The van der Waals surface area contributed by atoms with Crippen LogP contribution in [-0.4, -0.2) is 36.7 Å². The molecule has 1 fully saturated rings. The fourth-order valence-electron chi connectivity index (χ4n) is 2.80. The van der Waals surface area contributed by atoms with E-state index in [0.717, 1.165) is 17.3 Å². The highest BCUT2D eigenvalue weighted by Crippen LogP contribution is 2.16. The molecule has 1 heterocycles. The molecular weight excluding hydrogens is 266 g/mol. The van der Waals surface area contributed by atoms with Crippen LogP contribution < -0.4 is 10.6 Å². The fraction of sp³-hybridized carbons (Fsp3) is 0.562. The van der Waals surface area contributed by atoms with Crippen LogP contribution in [-0.2, 0) is 0 Å². The molecule has 2 N–H and O–H groups in total. The van der Waals surface area contributed by atoms with E-state index in [1.807, 2.05) is 0 Å². The average molecular weight is 291 g/mol. The third-order valence-electron chi connectivity index (χ3n) is 3.90. The number of aryl methyl sites for hydroxylation is 2.